The van der Waals surface area contributed by atoms with Crippen LogP contribution in [0.5, 0.6) is 11.5 Å². The Balaban J connectivity index is 1.72. The summed E-state index contributed by atoms with van der Waals surface area (Å²) < 4.78 is 39.3. The van der Waals surface area contributed by atoms with E-state index in [-0.39, 0.29) is 11.5 Å². The molecule has 0 unspecified atom stereocenters. The average Bonchev–Trinajstić information content (AvgIpc) is 3.20. The molecule has 3 aromatic rings. The topological polar surface area (TPSA) is 39.5 Å². The Kier molecular flexibility index (Phi) is 4.96. The Hall–Kier alpha value is -2.54. The lowest BCUT2D eigenvalue weighted by atomic mass is 9.93. The number of fused-ring (bicyclic) bond motifs is 4. The molecular formula is C23H24ClF2N3O2. The maximum absolute atomic E-state index is 13.8. The molecule has 0 amide bonds. The fraction of sp³-hybridized carbons (Fsp3) is 0.435. The van der Waals surface area contributed by atoms with E-state index < -0.39 is 6.29 Å². The lowest BCUT2D eigenvalue weighted by Gasteiger charge is -2.23. The molecule has 0 N–H and O–H groups in total. The van der Waals surface area contributed by atoms with E-state index in [0.29, 0.717) is 29.1 Å². The summed E-state index contributed by atoms with van der Waals surface area (Å²) in [6.07, 6.45) is 0.212. The molecule has 0 radical (unpaired) electrons. The number of para-hydroxylation sites is 1. The summed E-state index contributed by atoms with van der Waals surface area (Å²) in [6.45, 7) is 5.79. The van der Waals surface area contributed by atoms with Gasteiger partial charge < -0.3 is 18.9 Å². The number of hydrogen-bond acceptors (Lipinski definition) is 4. The van der Waals surface area contributed by atoms with Crippen molar-refractivity contribution in [1.82, 2.24) is 9.55 Å². The molecule has 2 aromatic carbocycles. The van der Waals surface area contributed by atoms with E-state index in [1.807, 2.05) is 11.0 Å². The molecule has 3 heterocycles. The second-order valence-corrected chi connectivity index (χ2v) is 8.45. The number of anilines is 2. The zero-order chi connectivity index (χ0) is 21.8. The van der Waals surface area contributed by atoms with Crippen LogP contribution in [0.4, 0.5) is 20.4 Å². The first kappa shape index (κ1) is 20.4. The van der Waals surface area contributed by atoms with Gasteiger partial charge in [-0.25, -0.2) is 4.98 Å². The zero-order valence-corrected chi connectivity index (χ0v) is 18.3. The van der Waals surface area contributed by atoms with E-state index in [1.54, 1.807) is 12.1 Å². The summed E-state index contributed by atoms with van der Waals surface area (Å²) in [5.41, 5.74) is 3.55. The maximum atomic E-state index is 13.8. The van der Waals surface area contributed by atoms with E-state index >= 15 is 0 Å². The van der Waals surface area contributed by atoms with Gasteiger partial charge in [0, 0.05) is 13.1 Å². The van der Waals surface area contributed by atoms with Crippen molar-refractivity contribution in [2.45, 2.75) is 58.3 Å². The van der Waals surface area contributed by atoms with Crippen molar-refractivity contribution in [3.05, 3.63) is 40.9 Å². The third-order valence-electron chi connectivity index (χ3n) is 6.24. The smallest absolute Gasteiger partial charge is 0.395 e. The van der Waals surface area contributed by atoms with Crippen LogP contribution in [0.3, 0.4) is 0 Å². The van der Waals surface area contributed by atoms with Crippen molar-refractivity contribution in [3.63, 3.8) is 0 Å². The molecule has 0 bridgehead atoms. The van der Waals surface area contributed by atoms with Crippen molar-refractivity contribution in [2.24, 2.45) is 0 Å². The van der Waals surface area contributed by atoms with Crippen LogP contribution in [0, 0.1) is 0 Å². The van der Waals surface area contributed by atoms with Crippen LogP contribution < -0.4 is 14.4 Å². The van der Waals surface area contributed by atoms with E-state index in [4.69, 9.17) is 21.3 Å². The van der Waals surface area contributed by atoms with Crippen LogP contribution in [0.15, 0.2) is 30.3 Å². The molecule has 2 aliphatic heterocycles. The standard InChI is InChI=1S/C23H24ClF2N3O2/c1-3-14(4-2)15-10-11-16(24)19-20(15)29-13-6-5-12-28(22(29)27-19)17-8-7-9-18-21(17)31-23(25,26)30-18/h7-11,14H,3-6,12-13H2,1-2H3. The van der Waals surface area contributed by atoms with E-state index in [0.717, 1.165) is 43.3 Å². The predicted molar refractivity (Wildman–Crippen MR) is 117 cm³/mol. The molecule has 31 heavy (non-hydrogen) atoms. The lowest BCUT2D eigenvalue weighted by molar-refractivity contribution is -0.286. The number of halogens is 3. The fourth-order valence-corrected chi connectivity index (χ4v) is 4.93. The van der Waals surface area contributed by atoms with Crippen LogP contribution >= 0.6 is 11.6 Å². The molecule has 0 aliphatic carbocycles. The molecule has 164 valence electrons. The summed E-state index contributed by atoms with van der Waals surface area (Å²) in [6, 6.07) is 8.96. The van der Waals surface area contributed by atoms with Crippen molar-refractivity contribution < 1.29 is 18.3 Å². The number of rotatable bonds is 4. The summed E-state index contributed by atoms with van der Waals surface area (Å²) in [5.74, 6) is 1.16. The van der Waals surface area contributed by atoms with Crippen molar-refractivity contribution in [3.8, 4) is 11.5 Å². The third kappa shape index (κ3) is 3.30. The minimum absolute atomic E-state index is 0.0326. The minimum Gasteiger partial charge on any atom is -0.395 e. The van der Waals surface area contributed by atoms with Gasteiger partial charge in [0.05, 0.1) is 16.2 Å². The van der Waals surface area contributed by atoms with Crippen LogP contribution in [-0.4, -0.2) is 22.4 Å². The molecule has 0 saturated heterocycles. The molecule has 5 nitrogen and oxygen atoms in total. The van der Waals surface area contributed by atoms with Crippen molar-refractivity contribution >= 4 is 34.3 Å². The first-order chi connectivity index (χ1) is 14.9. The second kappa shape index (κ2) is 7.55. The molecule has 0 atom stereocenters. The largest absolute Gasteiger partial charge is 0.586 e. The van der Waals surface area contributed by atoms with Crippen LogP contribution in [-0.2, 0) is 6.54 Å². The van der Waals surface area contributed by atoms with Gasteiger partial charge in [-0.1, -0.05) is 37.6 Å². The maximum Gasteiger partial charge on any atom is 0.586 e. The van der Waals surface area contributed by atoms with Crippen LogP contribution in [0.25, 0.3) is 11.0 Å². The van der Waals surface area contributed by atoms with E-state index in [2.05, 4.69) is 29.2 Å². The Morgan fingerprint density at radius 1 is 1.10 bits per heavy atom. The van der Waals surface area contributed by atoms with Crippen molar-refractivity contribution in [1.29, 1.82) is 0 Å². The summed E-state index contributed by atoms with van der Waals surface area (Å²) in [7, 11) is 0. The number of aryl methyl sites for hydroxylation is 1. The summed E-state index contributed by atoms with van der Waals surface area (Å²) in [5, 5.41) is 0.592. The van der Waals surface area contributed by atoms with E-state index in [9.17, 15) is 8.78 Å². The highest BCUT2D eigenvalue weighted by Gasteiger charge is 2.45. The Morgan fingerprint density at radius 2 is 1.87 bits per heavy atom. The molecular weight excluding hydrogens is 424 g/mol. The fourth-order valence-electron chi connectivity index (χ4n) is 4.73. The van der Waals surface area contributed by atoms with Gasteiger partial charge >= 0.3 is 6.29 Å². The number of ether oxygens (including phenoxy) is 2. The van der Waals surface area contributed by atoms with Crippen LogP contribution in [0.1, 0.15) is 51.0 Å². The molecule has 8 heteroatoms. The molecule has 0 spiro atoms. The van der Waals surface area contributed by atoms with Gasteiger partial charge in [-0.05, 0) is 55.4 Å². The minimum atomic E-state index is -3.67. The molecule has 5 rings (SSSR count). The average molecular weight is 448 g/mol. The Labute approximate surface area is 184 Å². The van der Waals surface area contributed by atoms with Gasteiger partial charge in [-0.2, -0.15) is 0 Å². The summed E-state index contributed by atoms with van der Waals surface area (Å²) >= 11 is 6.57. The summed E-state index contributed by atoms with van der Waals surface area (Å²) in [4.78, 5) is 6.87. The highest BCUT2D eigenvalue weighted by atomic mass is 35.5. The zero-order valence-electron chi connectivity index (χ0n) is 17.5. The monoisotopic (exact) mass is 447 g/mol. The number of aromatic nitrogens is 2. The van der Waals surface area contributed by atoms with Gasteiger partial charge in [-0.3, -0.25) is 0 Å². The highest BCUT2D eigenvalue weighted by molar-refractivity contribution is 6.35. The first-order valence-corrected chi connectivity index (χ1v) is 11.2. The first-order valence-electron chi connectivity index (χ1n) is 10.8. The Morgan fingerprint density at radius 3 is 2.65 bits per heavy atom. The quantitative estimate of drug-likeness (QED) is 0.438. The third-order valence-corrected chi connectivity index (χ3v) is 6.54. The highest BCUT2D eigenvalue weighted by Crippen LogP contribution is 2.49. The number of nitrogens with zero attached hydrogens (tertiary/aromatic N) is 3. The predicted octanol–water partition coefficient (Wildman–Crippen LogP) is 6.85. The molecule has 2 aliphatic rings. The SMILES string of the molecule is CCC(CC)c1ccc(Cl)c2nc3n(c12)CCCCN3c1cccc2c1OC(F)(F)O2. The normalized spacial score (nSPS) is 17.3. The molecule has 1 aromatic heterocycles. The number of imidazole rings is 1. The van der Waals surface area contributed by atoms with Gasteiger partial charge in [0.25, 0.3) is 0 Å². The number of hydrogen-bond donors (Lipinski definition) is 0. The van der Waals surface area contributed by atoms with E-state index in [1.165, 1.54) is 11.6 Å². The molecule has 0 saturated carbocycles. The second-order valence-electron chi connectivity index (χ2n) is 8.04. The number of alkyl halides is 2. The van der Waals surface area contributed by atoms with Crippen LogP contribution in [0.2, 0.25) is 5.02 Å². The van der Waals surface area contributed by atoms with Gasteiger partial charge in [0.1, 0.15) is 5.52 Å². The van der Waals surface area contributed by atoms with Crippen molar-refractivity contribution in [2.75, 3.05) is 11.4 Å². The Bertz CT molecular complexity index is 1140. The number of benzene rings is 2. The molecule has 0 fully saturated rings. The van der Waals surface area contributed by atoms with Gasteiger partial charge in [0.2, 0.25) is 5.95 Å². The lowest BCUT2D eigenvalue weighted by Crippen LogP contribution is -2.26. The van der Waals surface area contributed by atoms with Gasteiger partial charge in [0.15, 0.2) is 11.5 Å². The van der Waals surface area contributed by atoms with Gasteiger partial charge in [-0.15, -0.1) is 8.78 Å².